The van der Waals surface area contributed by atoms with Gasteiger partial charge in [0.25, 0.3) is 5.69 Å². The molecule has 0 bridgehead atoms. The number of ether oxygens (including phenoxy) is 2. The highest BCUT2D eigenvalue weighted by atomic mass is 16.7. The number of fused-ring (bicyclic) bond motifs is 1. The first-order chi connectivity index (χ1) is 19.9. The van der Waals surface area contributed by atoms with E-state index in [2.05, 4.69) is 15.6 Å². The van der Waals surface area contributed by atoms with Gasteiger partial charge in [0.1, 0.15) is 0 Å². The summed E-state index contributed by atoms with van der Waals surface area (Å²) in [6.07, 6.45) is 2.44. The third-order valence-electron chi connectivity index (χ3n) is 6.73. The van der Waals surface area contributed by atoms with Crippen LogP contribution in [0.3, 0.4) is 0 Å². The number of aromatic amines is 1. The molecule has 13 heteroatoms. The van der Waals surface area contributed by atoms with Crippen molar-refractivity contribution in [3.8, 4) is 23.3 Å². The molecular formula is C29H30N4O9. The first-order valence-electron chi connectivity index (χ1n) is 13.0. The third kappa shape index (κ3) is 6.69. The van der Waals surface area contributed by atoms with Crippen LogP contribution >= 0.6 is 0 Å². The van der Waals surface area contributed by atoms with E-state index in [0.29, 0.717) is 22.6 Å². The Hall–Kier alpha value is -5.33. The van der Waals surface area contributed by atoms with Crippen molar-refractivity contribution in [1.82, 2.24) is 15.6 Å². The molecule has 2 aromatic carbocycles. The number of rotatable bonds is 11. The largest absolute Gasteiger partial charge is 0.494 e. The van der Waals surface area contributed by atoms with Gasteiger partial charge >= 0.3 is 0 Å². The SMILES string of the molecule is Cc1c(O)[nH]c(O)c1C(=O)[C@@H](NC(=O)CC(NC(=O)C=Cc1ccc2c(c1)OCO2)c1cccc([N+](=O)[O-])c1)C(C)C. The lowest BCUT2D eigenvalue weighted by Crippen LogP contribution is -2.45. The van der Waals surface area contributed by atoms with Crippen LogP contribution in [-0.2, 0) is 9.59 Å². The zero-order valence-corrected chi connectivity index (χ0v) is 23.0. The van der Waals surface area contributed by atoms with Gasteiger partial charge in [0.15, 0.2) is 23.2 Å². The summed E-state index contributed by atoms with van der Waals surface area (Å²) < 4.78 is 10.6. The number of H-pyrrole nitrogens is 1. The Morgan fingerprint density at radius 2 is 1.81 bits per heavy atom. The summed E-state index contributed by atoms with van der Waals surface area (Å²) in [5, 5.41) is 36.7. The summed E-state index contributed by atoms with van der Waals surface area (Å²) in [5.74, 6) is -1.99. The quantitative estimate of drug-likeness (QED) is 0.0977. The Balaban J connectivity index is 1.54. The number of carbonyl (C=O) groups is 3. The number of aromatic hydroxyl groups is 2. The average molecular weight is 579 g/mol. The first kappa shape index (κ1) is 29.6. The topological polar surface area (TPSA) is 193 Å². The molecule has 2 heterocycles. The minimum atomic E-state index is -1.08. The fourth-order valence-electron chi connectivity index (χ4n) is 4.49. The number of nitro benzene ring substituents is 1. The summed E-state index contributed by atoms with van der Waals surface area (Å²) in [6, 6.07) is 8.60. The standard InChI is InChI=1S/C29H30N4O9/c1-15(2)26(27(36)25-16(3)28(37)32-29(25)38)31-24(35)13-20(18-5-4-6-19(12-18)33(39)40)30-23(34)10-8-17-7-9-21-22(11-17)42-14-41-21/h4-12,15,20,26,32,37-38H,13-14H2,1-3H3,(H,30,34)(H,31,35)/t20?,26-/m0/s1. The van der Waals surface area contributed by atoms with Gasteiger partial charge in [-0.05, 0) is 42.2 Å². The van der Waals surface area contributed by atoms with Gasteiger partial charge < -0.3 is 30.3 Å². The third-order valence-corrected chi connectivity index (χ3v) is 6.73. The number of carbonyl (C=O) groups excluding carboxylic acids is 3. The number of hydrogen-bond donors (Lipinski definition) is 5. The molecule has 0 radical (unpaired) electrons. The van der Waals surface area contributed by atoms with Gasteiger partial charge in [-0.3, -0.25) is 29.5 Å². The maximum Gasteiger partial charge on any atom is 0.269 e. The second-order valence-electron chi connectivity index (χ2n) is 10.0. The second kappa shape index (κ2) is 12.5. The lowest BCUT2D eigenvalue weighted by Gasteiger charge is -2.24. The van der Waals surface area contributed by atoms with Crippen LogP contribution in [0.2, 0.25) is 0 Å². The van der Waals surface area contributed by atoms with Gasteiger partial charge in [-0.1, -0.05) is 32.0 Å². The van der Waals surface area contributed by atoms with E-state index in [4.69, 9.17) is 9.47 Å². The number of aromatic nitrogens is 1. The summed E-state index contributed by atoms with van der Waals surface area (Å²) >= 11 is 0. The smallest absolute Gasteiger partial charge is 0.269 e. The van der Waals surface area contributed by atoms with Crippen molar-refractivity contribution in [3.63, 3.8) is 0 Å². The van der Waals surface area contributed by atoms with Crippen LogP contribution in [0, 0.1) is 23.0 Å². The first-order valence-corrected chi connectivity index (χ1v) is 13.0. The van der Waals surface area contributed by atoms with Crippen molar-refractivity contribution < 1.29 is 39.0 Å². The predicted molar refractivity (Wildman–Crippen MR) is 150 cm³/mol. The number of ketones is 1. The monoisotopic (exact) mass is 578 g/mol. The molecule has 5 N–H and O–H groups in total. The molecule has 220 valence electrons. The van der Waals surface area contributed by atoms with E-state index in [1.807, 2.05) is 0 Å². The lowest BCUT2D eigenvalue weighted by molar-refractivity contribution is -0.384. The molecule has 1 aliphatic rings. The summed E-state index contributed by atoms with van der Waals surface area (Å²) in [4.78, 5) is 52.5. The van der Waals surface area contributed by atoms with Crippen molar-refractivity contribution in [1.29, 1.82) is 0 Å². The van der Waals surface area contributed by atoms with E-state index < -0.39 is 46.4 Å². The summed E-state index contributed by atoms with van der Waals surface area (Å²) in [7, 11) is 0. The Morgan fingerprint density at radius 1 is 1.07 bits per heavy atom. The molecule has 4 rings (SSSR count). The van der Waals surface area contributed by atoms with Gasteiger partial charge in [-0.15, -0.1) is 0 Å². The number of nitro groups is 1. The summed E-state index contributed by atoms with van der Waals surface area (Å²) in [5.41, 5.74) is 0.723. The number of non-ortho nitro benzene ring substituents is 1. The molecule has 0 aliphatic carbocycles. The van der Waals surface area contributed by atoms with Crippen LogP contribution < -0.4 is 20.1 Å². The Labute approximate surface area is 240 Å². The van der Waals surface area contributed by atoms with E-state index in [0.717, 1.165) is 0 Å². The molecule has 0 spiro atoms. The highest BCUT2D eigenvalue weighted by Crippen LogP contribution is 2.33. The second-order valence-corrected chi connectivity index (χ2v) is 10.0. The normalized spacial score (nSPS) is 13.6. The number of nitrogens with zero attached hydrogens (tertiary/aromatic N) is 1. The van der Waals surface area contributed by atoms with Gasteiger partial charge in [-0.2, -0.15) is 0 Å². The molecular weight excluding hydrogens is 548 g/mol. The van der Waals surface area contributed by atoms with Crippen molar-refractivity contribution in [3.05, 3.63) is 80.9 Å². The molecule has 1 aromatic heterocycles. The number of nitrogens with one attached hydrogen (secondary N) is 3. The Kier molecular flexibility index (Phi) is 8.79. The van der Waals surface area contributed by atoms with Crippen LogP contribution in [0.4, 0.5) is 5.69 Å². The van der Waals surface area contributed by atoms with Gasteiger partial charge in [0.2, 0.25) is 24.5 Å². The molecule has 2 atom stereocenters. The van der Waals surface area contributed by atoms with Crippen molar-refractivity contribution >= 4 is 29.4 Å². The van der Waals surface area contributed by atoms with Crippen LogP contribution in [0.1, 0.15) is 53.4 Å². The van der Waals surface area contributed by atoms with Gasteiger partial charge in [0.05, 0.1) is 29.0 Å². The molecule has 0 saturated heterocycles. The molecule has 0 saturated carbocycles. The minimum absolute atomic E-state index is 0.105. The molecule has 13 nitrogen and oxygen atoms in total. The molecule has 0 fully saturated rings. The molecule has 3 aromatic rings. The Morgan fingerprint density at radius 3 is 2.48 bits per heavy atom. The maximum atomic E-state index is 13.2. The number of benzene rings is 2. The van der Waals surface area contributed by atoms with Crippen LogP contribution in [0.5, 0.6) is 23.3 Å². The highest BCUT2D eigenvalue weighted by Gasteiger charge is 2.31. The highest BCUT2D eigenvalue weighted by molar-refractivity contribution is 6.05. The zero-order chi connectivity index (χ0) is 30.6. The van der Waals surface area contributed by atoms with Crippen LogP contribution in [0.25, 0.3) is 6.08 Å². The van der Waals surface area contributed by atoms with Crippen molar-refractivity contribution in [2.24, 2.45) is 5.92 Å². The fraction of sp³-hybridized carbons (Fsp3) is 0.276. The maximum absolute atomic E-state index is 13.2. The molecule has 2 amide bonds. The van der Waals surface area contributed by atoms with Gasteiger partial charge in [0, 0.05) is 23.8 Å². The minimum Gasteiger partial charge on any atom is -0.494 e. The number of Topliss-reactive ketones (excluding diaryl/α,β-unsaturated/α-hetero) is 1. The fourth-order valence-corrected chi connectivity index (χ4v) is 4.49. The molecule has 1 aliphatic heterocycles. The number of amides is 2. The predicted octanol–water partition coefficient (Wildman–Crippen LogP) is 3.66. The van der Waals surface area contributed by atoms with Crippen molar-refractivity contribution in [2.75, 3.05) is 6.79 Å². The number of hydrogen-bond acceptors (Lipinski definition) is 9. The van der Waals surface area contributed by atoms with E-state index in [9.17, 15) is 34.7 Å². The van der Waals surface area contributed by atoms with E-state index >= 15 is 0 Å². The van der Waals surface area contributed by atoms with E-state index in [1.54, 1.807) is 38.1 Å². The lowest BCUT2D eigenvalue weighted by atomic mass is 9.93. The molecule has 42 heavy (non-hydrogen) atoms. The summed E-state index contributed by atoms with van der Waals surface area (Å²) in [6.45, 7) is 4.95. The van der Waals surface area contributed by atoms with E-state index in [-0.39, 0.29) is 35.9 Å². The van der Waals surface area contributed by atoms with E-state index in [1.165, 1.54) is 37.3 Å². The van der Waals surface area contributed by atoms with Crippen molar-refractivity contribution in [2.45, 2.75) is 39.3 Å². The van der Waals surface area contributed by atoms with Crippen LogP contribution in [-0.4, -0.2) is 50.6 Å². The average Bonchev–Trinajstić information content (AvgIpc) is 3.52. The van der Waals surface area contributed by atoms with Gasteiger partial charge in [-0.25, -0.2) is 0 Å². The molecule has 1 unspecified atom stereocenters. The Bertz CT molecular complexity index is 1560. The van der Waals surface area contributed by atoms with Crippen LogP contribution in [0.15, 0.2) is 48.5 Å². The zero-order valence-electron chi connectivity index (χ0n) is 23.0.